The van der Waals surface area contributed by atoms with E-state index in [1.54, 1.807) is 22.8 Å². The van der Waals surface area contributed by atoms with Crippen LogP contribution in [0.4, 0.5) is 0 Å². The van der Waals surface area contributed by atoms with Crippen LogP contribution in [-0.4, -0.2) is 19.6 Å². The van der Waals surface area contributed by atoms with Crippen molar-refractivity contribution in [1.82, 2.24) is 14.5 Å². The Morgan fingerprint density at radius 1 is 0.672 bits per heavy atom. The third-order valence-electron chi connectivity index (χ3n) is 12.2. The molecule has 0 radical (unpaired) electrons. The number of para-hydroxylation sites is 1. The molecule has 0 fully saturated rings. The number of benzene rings is 6. The van der Waals surface area contributed by atoms with Crippen LogP contribution >= 0.6 is 0 Å². The smallest absolute Gasteiger partial charge is 0.148 e. The summed E-state index contributed by atoms with van der Waals surface area (Å²) in [5, 5.41) is 12.6. The number of hydrogen-bond donors (Lipinski definition) is 1. The minimum absolute atomic E-state index is 0. The van der Waals surface area contributed by atoms with Crippen molar-refractivity contribution in [2.45, 2.75) is 132 Å². The summed E-state index contributed by atoms with van der Waals surface area (Å²) in [5.41, 5.74) is 4.66. The fraction of sp³-hybridized carbons (Fsp3) is 0.323. The average molecular weight is 1080 g/mol. The Morgan fingerprint density at radius 2 is 1.36 bits per heavy atom. The van der Waals surface area contributed by atoms with Gasteiger partial charge in [-0.2, -0.15) is 0 Å². The number of hydrogen-bond acceptors (Lipinski definition) is 3. The molecule has 0 bridgehead atoms. The number of nitrogens with zero attached hydrogens (tertiary/aromatic N) is 3. The Kier molecular flexibility index (Phi) is 9.34. The first-order valence-corrected chi connectivity index (χ1v) is 22.5. The number of fused-ring (bicyclic) bond motifs is 1. The molecule has 0 spiro atoms. The van der Waals surface area contributed by atoms with Crippen molar-refractivity contribution in [3.05, 3.63) is 166 Å². The van der Waals surface area contributed by atoms with Gasteiger partial charge in [-0.15, -0.1) is 29.3 Å². The van der Waals surface area contributed by atoms with Gasteiger partial charge in [0.1, 0.15) is 11.6 Å². The van der Waals surface area contributed by atoms with Gasteiger partial charge in [0.25, 0.3) is 0 Å². The Labute approximate surface area is 434 Å². The van der Waals surface area contributed by atoms with E-state index in [-0.39, 0.29) is 61.1 Å². The average Bonchev–Trinajstić information content (AvgIpc) is 3.88. The molecule has 4 nitrogen and oxygen atoms in total. The van der Waals surface area contributed by atoms with Crippen LogP contribution in [0.3, 0.4) is 0 Å². The standard InChI is InChI=1S/C62H68N3O.Pt/c1-37(2)44-28-45(38(3)4)30-46(29-44)42-23-24-55(40(6)27-42)65-56-18-16-17-51(57(56)64-59(65)52-35-50(61(10,11)12)36-53(58(52)66)62(13,14)15)47-31-48(33-49(32-47)60(7,8)9)54-34-43(25-26-63-54)41-21-19-39(5)20-22-41;/h16-30,32-38,66H,1-15H3;/q-1;/i5D3,6D3,19D,20D,21D,22D,25D,26D,34D,37D;. The van der Waals surface area contributed by atoms with Crippen LogP contribution < -0.4 is 0 Å². The van der Waals surface area contributed by atoms with E-state index in [1.807, 2.05) is 116 Å². The number of phenols is 1. The fourth-order valence-corrected chi connectivity index (χ4v) is 8.18. The van der Waals surface area contributed by atoms with Crippen molar-refractivity contribution in [3.8, 4) is 67.5 Å². The molecule has 0 saturated carbocycles. The number of aromatic nitrogens is 3. The largest absolute Gasteiger partial charge is 0.507 e. The first-order valence-electron chi connectivity index (χ1n) is 29.5. The molecular weight excluding hydrogens is 998 g/mol. The Morgan fingerprint density at radius 3 is 2.00 bits per heavy atom. The summed E-state index contributed by atoms with van der Waals surface area (Å²) in [6.45, 7) is 20.3. The normalized spacial score (nSPS) is 15.9. The second-order valence-corrected chi connectivity index (χ2v) is 21.0. The van der Waals surface area contributed by atoms with Gasteiger partial charge >= 0.3 is 0 Å². The van der Waals surface area contributed by atoms with Crippen LogP contribution in [0.15, 0.2) is 121 Å². The molecule has 0 saturated heterocycles. The van der Waals surface area contributed by atoms with Crippen LogP contribution in [-0.2, 0) is 37.3 Å². The van der Waals surface area contributed by atoms with E-state index in [2.05, 4.69) is 45.7 Å². The van der Waals surface area contributed by atoms with Crippen LogP contribution in [0.1, 0.15) is 160 Å². The van der Waals surface area contributed by atoms with E-state index in [0.717, 1.165) is 27.8 Å². The van der Waals surface area contributed by atoms with Crippen molar-refractivity contribution in [2.75, 3.05) is 0 Å². The van der Waals surface area contributed by atoms with E-state index < -0.39 is 95.0 Å². The Hall–Kier alpha value is -5.57. The van der Waals surface area contributed by atoms with Crippen LogP contribution in [0.25, 0.3) is 72.7 Å². The minimum atomic E-state index is -3.01. The maximum Gasteiger partial charge on any atom is 0.148 e. The Balaban J connectivity index is 0.00000946. The number of rotatable bonds is 8. The van der Waals surface area contributed by atoms with Gasteiger partial charge in [0, 0.05) is 48.1 Å². The van der Waals surface area contributed by atoms with E-state index in [0.29, 0.717) is 38.9 Å². The van der Waals surface area contributed by atoms with Gasteiger partial charge in [0.15, 0.2) is 0 Å². The number of imidazole rings is 1. The molecule has 0 amide bonds. The number of aromatic hydroxyl groups is 1. The van der Waals surface area contributed by atoms with Crippen LogP contribution in [0.5, 0.6) is 5.75 Å². The number of aryl methyl sites for hydroxylation is 1. The van der Waals surface area contributed by atoms with E-state index in [9.17, 15) is 6.48 Å². The molecule has 2 aromatic heterocycles. The molecule has 8 aromatic rings. The molecule has 67 heavy (non-hydrogen) atoms. The summed E-state index contributed by atoms with van der Waals surface area (Å²) in [4.78, 5) is 9.83. The van der Waals surface area contributed by atoms with Crippen LogP contribution in [0, 0.1) is 19.8 Å². The monoisotopic (exact) mass is 1080 g/mol. The summed E-state index contributed by atoms with van der Waals surface area (Å²) in [5.74, 6) is -0.594. The van der Waals surface area contributed by atoms with Gasteiger partial charge in [-0.3, -0.25) is 9.55 Å². The van der Waals surface area contributed by atoms with Gasteiger partial charge in [-0.1, -0.05) is 179 Å². The molecule has 2 heterocycles. The zero-order valence-electron chi connectivity index (χ0n) is 54.7. The fourth-order valence-electron chi connectivity index (χ4n) is 8.18. The maximum absolute atomic E-state index is 12.6. The molecule has 5 heteroatoms. The summed E-state index contributed by atoms with van der Waals surface area (Å²) in [6, 6.07) is 23.3. The molecule has 6 aromatic carbocycles. The van der Waals surface area contributed by atoms with Crippen molar-refractivity contribution >= 4 is 11.0 Å². The predicted octanol–water partition coefficient (Wildman–Crippen LogP) is 17.0. The molecule has 8 rings (SSSR count). The third-order valence-corrected chi connectivity index (χ3v) is 12.2. The molecular formula is C62H68N3OPt-. The zero-order chi connectivity index (χ0) is 59.6. The van der Waals surface area contributed by atoms with Gasteiger partial charge in [-0.25, -0.2) is 4.98 Å². The maximum atomic E-state index is 12.6. The van der Waals surface area contributed by atoms with Gasteiger partial charge < -0.3 is 5.11 Å². The second kappa shape index (κ2) is 18.5. The molecule has 348 valence electrons. The van der Waals surface area contributed by atoms with E-state index in [4.69, 9.17) is 22.8 Å². The summed E-state index contributed by atoms with van der Waals surface area (Å²) in [7, 11) is 0. The Bertz CT molecular complexity index is 3780. The predicted molar refractivity (Wildman–Crippen MR) is 280 cm³/mol. The topological polar surface area (TPSA) is 50.9 Å². The summed E-state index contributed by atoms with van der Waals surface area (Å²) >= 11 is 0. The second-order valence-electron chi connectivity index (χ2n) is 21.0. The quantitative estimate of drug-likeness (QED) is 0.154. The van der Waals surface area contributed by atoms with Gasteiger partial charge in [0.2, 0.25) is 0 Å². The number of pyridine rings is 1. The van der Waals surface area contributed by atoms with Crippen LogP contribution in [0.2, 0.25) is 0 Å². The van der Waals surface area contributed by atoms with Gasteiger partial charge in [-0.05, 0) is 117 Å². The first kappa shape index (κ1) is 33.8. The third kappa shape index (κ3) is 10.0. The summed E-state index contributed by atoms with van der Waals surface area (Å²) in [6.07, 6.45) is -0.638. The molecule has 1 N–H and O–H groups in total. The van der Waals surface area contributed by atoms with Crippen molar-refractivity contribution in [3.63, 3.8) is 0 Å². The molecule has 0 atom stereocenters. The SMILES string of the molecule is [2H]c1nc(-c2[c-]c(-c3cccc4c3nc(-c3cc(C(C)(C)C)cc(C(C)(C)C)c3O)n4-c3ccc(-c4cc(C(C)C)cc(C([2H])(C)C)c4)cc3C([2H])([2H])[2H])cc(C(C)(C)C)c2)c([2H])c(-c2c([2H])c([2H])c(C([2H])([2H])[2H])c([2H])c2[2H])c1[2H].[Pt]. The van der Waals surface area contributed by atoms with E-state index in [1.165, 1.54) is 0 Å². The van der Waals surface area contributed by atoms with E-state index >= 15 is 0 Å². The summed E-state index contributed by atoms with van der Waals surface area (Å²) < 4.78 is 124. The zero-order valence-corrected chi connectivity index (χ0v) is 43.0. The molecule has 0 aliphatic heterocycles. The van der Waals surface area contributed by atoms with Crippen molar-refractivity contribution in [2.24, 2.45) is 0 Å². The number of phenolic OH excluding ortho intramolecular Hbond substituents is 1. The van der Waals surface area contributed by atoms with Gasteiger partial charge in [0.05, 0.1) is 31.9 Å². The van der Waals surface area contributed by atoms with Crippen molar-refractivity contribution < 1.29 is 45.4 Å². The molecule has 0 aliphatic rings. The molecule has 0 aliphatic carbocycles. The molecule has 0 unspecified atom stereocenters. The first-order chi connectivity index (χ1) is 36.6. The van der Waals surface area contributed by atoms with Crippen molar-refractivity contribution in [1.29, 1.82) is 0 Å². The minimum Gasteiger partial charge on any atom is -0.507 e.